The first-order valence-corrected chi connectivity index (χ1v) is 12.6. The van der Waals surface area contributed by atoms with Crippen LogP contribution in [0, 0.1) is 0 Å². The van der Waals surface area contributed by atoms with Crippen LogP contribution < -0.4 is 10.1 Å². The molecule has 1 aromatic heterocycles. The van der Waals surface area contributed by atoms with E-state index in [4.69, 9.17) is 4.74 Å². The van der Waals surface area contributed by atoms with Gasteiger partial charge in [0.2, 0.25) is 0 Å². The summed E-state index contributed by atoms with van der Waals surface area (Å²) in [5.41, 5.74) is 2.81. The summed E-state index contributed by atoms with van der Waals surface area (Å²) in [4.78, 5) is 5.15. The van der Waals surface area contributed by atoms with Gasteiger partial charge in [0, 0.05) is 47.4 Å². The van der Waals surface area contributed by atoms with Crippen LogP contribution in [-0.4, -0.2) is 27.7 Å². The average Bonchev–Trinajstić information content (AvgIpc) is 2.83. The maximum atomic E-state index is 13.8. The summed E-state index contributed by atoms with van der Waals surface area (Å²) in [5, 5.41) is 16.1. The number of hydrogen-bond acceptors (Lipinski definition) is 6. The lowest BCUT2D eigenvalue weighted by Gasteiger charge is -2.12. The molecule has 0 saturated heterocycles. The van der Waals surface area contributed by atoms with Crippen molar-refractivity contribution in [2.45, 2.75) is 4.90 Å². The number of aromatic nitrogens is 1. The molecule has 0 radical (unpaired) electrons. The van der Waals surface area contributed by atoms with E-state index in [0.717, 1.165) is 27.4 Å². The zero-order valence-corrected chi connectivity index (χ0v) is 19.5. The van der Waals surface area contributed by atoms with Gasteiger partial charge in [0.25, 0.3) is 0 Å². The number of benzene rings is 4. The van der Waals surface area contributed by atoms with Crippen LogP contribution in [0.25, 0.3) is 21.7 Å². The fourth-order valence-corrected chi connectivity index (χ4v) is 5.54. The Hall–Kier alpha value is -4.10. The summed E-state index contributed by atoms with van der Waals surface area (Å²) in [6.07, 6.45) is 3.38. The lowest BCUT2D eigenvalue weighted by molar-refractivity contribution is 0.408. The highest BCUT2D eigenvalue weighted by Crippen LogP contribution is 2.33. The van der Waals surface area contributed by atoms with E-state index >= 15 is 0 Å². The number of nitrogens with zero attached hydrogens (tertiary/aromatic N) is 2. The van der Waals surface area contributed by atoms with Crippen LogP contribution in [0.15, 0.2) is 100 Å². The number of aromatic hydroxyl groups is 1. The normalized spacial score (nSPS) is 12.9. The number of phenolic OH excluding ortho intramolecular Hbond substituents is 1. The smallest absolute Gasteiger partial charge is 0.124 e. The number of phenols is 1. The molecule has 0 spiro atoms. The van der Waals surface area contributed by atoms with Gasteiger partial charge in [-0.2, -0.15) is 4.36 Å². The Morgan fingerprint density at radius 2 is 1.76 bits per heavy atom. The Morgan fingerprint density at radius 3 is 2.62 bits per heavy atom. The maximum Gasteiger partial charge on any atom is 0.124 e. The predicted molar refractivity (Wildman–Crippen MR) is 138 cm³/mol. The SMILES string of the molecule is COc1cc(O)cc(Nc2ccnc3ccc(N=S(C)(=O)c4cccc5ccccc45)cc23)c1. The van der Waals surface area contributed by atoms with E-state index in [-0.39, 0.29) is 5.75 Å². The third-order valence-electron chi connectivity index (χ3n) is 5.57. The molecule has 7 heteroatoms. The second kappa shape index (κ2) is 8.68. The zero-order chi connectivity index (χ0) is 23.7. The molecule has 1 unspecified atom stereocenters. The van der Waals surface area contributed by atoms with Crippen molar-refractivity contribution < 1.29 is 14.1 Å². The molecule has 5 rings (SSSR count). The monoisotopic (exact) mass is 469 g/mol. The second-order valence-corrected chi connectivity index (χ2v) is 10.2. The number of anilines is 2. The van der Waals surface area contributed by atoms with Gasteiger partial charge in [0.15, 0.2) is 0 Å². The molecule has 4 aromatic carbocycles. The van der Waals surface area contributed by atoms with Crippen molar-refractivity contribution in [2.75, 3.05) is 18.7 Å². The first kappa shape index (κ1) is 21.7. The van der Waals surface area contributed by atoms with Crippen molar-refractivity contribution >= 4 is 48.5 Å². The molecule has 34 heavy (non-hydrogen) atoms. The lowest BCUT2D eigenvalue weighted by Crippen LogP contribution is -1.98. The standard InChI is InChI=1S/C27H23N3O3S/c1-33-22-15-20(14-21(31)17-22)29-26-12-13-28-25-11-10-19(16-24(25)26)30-34(2,32)27-9-5-7-18-6-3-4-8-23(18)27/h3-17,31H,1-2H3,(H,28,29). The molecule has 1 heterocycles. The highest BCUT2D eigenvalue weighted by Gasteiger charge is 2.12. The van der Waals surface area contributed by atoms with Gasteiger partial charge in [-0.3, -0.25) is 4.98 Å². The maximum absolute atomic E-state index is 13.8. The zero-order valence-electron chi connectivity index (χ0n) is 18.7. The van der Waals surface area contributed by atoms with Crippen LogP contribution in [-0.2, 0) is 9.73 Å². The van der Waals surface area contributed by atoms with Crippen molar-refractivity contribution in [1.82, 2.24) is 4.98 Å². The largest absolute Gasteiger partial charge is 0.508 e. The van der Waals surface area contributed by atoms with Crippen LogP contribution in [0.1, 0.15) is 0 Å². The highest BCUT2D eigenvalue weighted by molar-refractivity contribution is 7.93. The van der Waals surface area contributed by atoms with E-state index in [1.807, 2.05) is 66.7 Å². The predicted octanol–water partition coefficient (Wildman–Crippen LogP) is 6.63. The van der Waals surface area contributed by atoms with E-state index in [0.29, 0.717) is 22.0 Å². The molecule has 0 amide bonds. The van der Waals surface area contributed by atoms with Crippen molar-refractivity contribution in [1.29, 1.82) is 0 Å². The van der Waals surface area contributed by atoms with Crippen molar-refractivity contribution in [3.63, 3.8) is 0 Å². The van der Waals surface area contributed by atoms with Gasteiger partial charge in [-0.05, 0) is 41.1 Å². The van der Waals surface area contributed by atoms with E-state index in [2.05, 4.69) is 14.7 Å². The van der Waals surface area contributed by atoms with Gasteiger partial charge in [-0.15, -0.1) is 0 Å². The quantitative estimate of drug-likeness (QED) is 0.302. The highest BCUT2D eigenvalue weighted by atomic mass is 32.2. The van der Waals surface area contributed by atoms with Crippen LogP contribution in [0.2, 0.25) is 0 Å². The Kier molecular flexibility index (Phi) is 5.55. The summed E-state index contributed by atoms with van der Waals surface area (Å²) in [6.45, 7) is 0. The number of hydrogen-bond donors (Lipinski definition) is 2. The molecule has 170 valence electrons. The van der Waals surface area contributed by atoms with Gasteiger partial charge >= 0.3 is 0 Å². The van der Waals surface area contributed by atoms with Crippen LogP contribution in [0.4, 0.5) is 17.1 Å². The number of methoxy groups -OCH3 is 1. The molecule has 5 aromatic rings. The molecular formula is C27H23N3O3S. The van der Waals surface area contributed by atoms with Crippen LogP contribution >= 0.6 is 0 Å². The Balaban J connectivity index is 1.60. The minimum atomic E-state index is -2.71. The summed E-state index contributed by atoms with van der Waals surface area (Å²) >= 11 is 0. The second-order valence-electron chi connectivity index (χ2n) is 7.98. The first-order chi connectivity index (χ1) is 16.4. The molecule has 0 aliphatic heterocycles. The summed E-state index contributed by atoms with van der Waals surface area (Å²) in [5.74, 6) is 0.633. The molecule has 0 aliphatic carbocycles. The van der Waals surface area contributed by atoms with Crippen LogP contribution in [0.3, 0.4) is 0 Å². The molecule has 2 N–H and O–H groups in total. The van der Waals surface area contributed by atoms with Crippen molar-refractivity contribution in [2.24, 2.45) is 4.36 Å². The Labute approximate surface area is 198 Å². The number of ether oxygens (including phenoxy) is 1. The fourth-order valence-electron chi connectivity index (χ4n) is 4.01. The first-order valence-electron chi connectivity index (χ1n) is 10.7. The van der Waals surface area contributed by atoms with E-state index in [9.17, 15) is 9.32 Å². The van der Waals surface area contributed by atoms with Gasteiger partial charge in [-0.1, -0.05) is 36.4 Å². The number of pyridine rings is 1. The average molecular weight is 470 g/mol. The lowest BCUT2D eigenvalue weighted by atomic mass is 10.1. The number of rotatable bonds is 5. The minimum absolute atomic E-state index is 0.0942. The Morgan fingerprint density at radius 1 is 0.941 bits per heavy atom. The summed E-state index contributed by atoms with van der Waals surface area (Å²) in [6, 6.07) is 26.0. The van der Waals surface area contributed by atoms with E-state index in [1.54, 1.807) is 31.7 Å². The summed E-state index contributed by atoms with van der Waals surface area (Å²) in [7, 11) is -1.16. The van der Waals surface area contributed by atoms with E-state index < -0.39 is 9.73 Å². The molecular weight excluding hydrogens is 446 g/mol. The molecule has 0 bridgehead atoms. The number of nitrogens with one attached hydrogen (secondary N) is 1. The third kappa shape index (κ3) is 4.25. The minimum Gasteiger partial charge on any atom is -0.508 e. The molecule has 0 fully saturated rings. The molecule has 1 atom stereocenters. The molecule has 0 saturated carbocycles. The van der Waals surface area contributed by atoms with E-state index in [1.165, 1.54) is 6.07 Å². The topological polar surface area (TPSA) is 83.8 Å². The molecule has 0 aliphatic rings. The van der Waals surface area contributed by atoms with Crippen molar-refractivity contribution in [3.8, 4) is 11.5 Å². The number of fused-ring (bicyclic) bond motifs is 2. The van der Waals surface area contributed by atoms with Crippen molar-refractivity contribution in [3.05, 3.63) is 91.1 Å². The Bertz CT molecular complexity index is 1650. The summed E-state index contributed by atoms with van der Waals surface area (Å²) < 4.78 is 23.7. The van der Waals surface area contributed by atoms with Gasteiger partial charge in [0.1, 0.15) is 11.5 Å². The fraction of sp³-hybridized carbons (Fsp3) is 0.0741. The third-order valence-corrected chi connectivity index (χ3v) is 7.30. The molecule has 6 nitrogen and oxygen atoms in total. The van der Waals surface area contributed by atoms with Gasteiger partial charge in [-0.25, -0.2) is 4.21 Å². The van der Waals surface area contributed by atoms with Crippen LogP contribution in [0.5, 0.6) is 11.5 Å². The van der Waals surface area contributed by atoms with Gasteiger partial charge < -0.3 is 15.2 Å². The van der Waals surface area contributed by atoms with Gasteiger partial charge in [0.05, 0.1) is 32.9 Å².